The molecule has 2 saturated carbocycles. The molecule has 4 heterocycles. The van der Waals surface area contributed by atoms with Gasteiger partial charge in [0.1, 0.15) is 9.63 Å². The lowest BCUT2D eigenvalue weighted by Crippen LogP contribution is -2.26. The van der Waals surface area contributed by atoms with E-state index in [4.69, 9.17) is 0 Å². The van der Waals surface area contributed by atoms with Gasteiger partial charge in [-0.3, -0.25) is 9.59 Å². The second-order valence-corrected chi connectivity index (χ2v) is 18.7. The molecule has 9 rings (SSSR count). The number of nitrogens with zero attached hydrogens (tertiary/aromatic N) is 6. The van der Waals surface area contributed by atoms with Gasteiger partial charge in [0.15, 0.2) is 11.3 Å². The largest absolute Gasteiger partial charge is 0.416 e. The summed E-state index contributed by atoms with van der Waals surface area (Å²) in [6.07, 6.45) is -7.99. The topological polar surface area (TPSA) is 143 Å². The monoisotopic (exact) mass is 1060 g/mol. The molecule has 3 aromatic carbocycles. The number of nitrogens with one attached hydrogen (secondary N) is 4. The Kier molecular flexibility index (Phi) is 14.4. The first-order chi connectivity index (χ1) is 33.1. The average Bonchev–Trinajstić information content (AvgIpc) is 4.19. The van der Waals surface area contributed by atoms with E-state index in [-0.39, 0.29) is 41.8 Å². The van der Waals surface area contributed by atoms with Gasteiger partial charge in [0.25, 0.3) is 11.8 Å². The van der Waals surface area contributed by atoms with Crippen molar-refractivity contribution in [2.75, 3.05) is 23.7 Å². The van der Waals surface area contributed by atoms with Crippen LogP contribution in [0.15, 0.2) is 99.7 Å². The number of hydrogen-bond donors (Lipinski definition) is 4. The number of aromatic nitrogens is 6. The zero-order valence-electron chi connectivity index (χ0n) is 37.1. The zero-order chi connectivity index (χ0) is 50.1. The van der Waals surface area contributed by atoms with Gasteiger partial charge in [0, 0.05) is 52.3 Å². The van der Waals surface area contributed by atoms with Gasteiger partial charge in [-0.2, -0.15) is 49.7 Å². The summed E-state index contributed by atoms with van der Waals surface area (Å²) in [5, 5.41) is 20.8. The molecule has 0 spiro atoms. The van der Waals surface area contributed by atoms with Gasteiger partial charge in [-0.1, -0.05) is 23.9 Å². The third kappa shape index (κ3) is 12.7. The average molecular weight is 1060 g/mol. The van der Waals surface area contributed by atoms with Crippen molar-refractivity contribution in [2.45, 2.75) is 92.9 Å². The summed E-state index contributed by atoms with van der Waals surface area (Å²) < 4.78 is 118. The molecule has 4 N–H and O–H groups in total. The number of hydrogen-bond acceptors (Lipinski definition) is 9. The summed E-state index contributed by atoms with van der Waals surface area (Å²) in [5.74, 6) is -0.245. The van der Waals surface area contributed by atoms with Gasteiger partial charge >= 0.3 is 18.5 Å². The third-order valence-electron chi connectivity index (χ3n) is 11.1. The second-order valence-electron chi connectivity index (χ2n) is 16.8. The molecule has 0 radical (unpaired) electrons. The number of anilines is 2. The minimum absolute atomic E-state index is 0.0864. The Balaban J connectivity index is 0.000000196. The fourth-order valence-electron chi connectivity index (χ4n) is 7.24. The van der Waals surface area contributed by atoms with Crippen molar-refractivity contribution >= 4 is 62.2 Å². The Morgan fingerprint density at radius 1 is 0.643 bits per heavy atom. The number of benzene rings is 3. The molecule has 2 aliphatic carbocycles. The fraction of sp³-hybridized carbons (Fsp3) is 0.319. The molecule has 12 nitrogen and oxygen atoms in total. The number of halogens is 10. The number of rotatable bonds is 14. The van der Waals surface area contributed by atoms with Crippen LogP contribution in [0.2, 0.25) is 0 Å². The predicted molar refractivity (Wildman–Crippen MR) is 249 cm³/mol. The van der Waals surface area contributed by atoms with Gasteiger partial charge in [0.2, 0.25) is 0 Å². The van der Waals surface area contributed by atoms with Crippen LogP contribution in [0, 0.1) is 13.8 Å². The van der Waals surface area contributed by atoms with E-state index in [1.807, 2.05) is 19.1 Å². The van der Waals surface area contributed by atoms with Crippen LogP contribution >= 0.6 is 27.7 Å². The maximum Gasteiger partial charge on any atom is 0.416 e. The molecule has 23 heteroatoms. The van der Waals surface area contributed by atoms with Crippen LogP contribution in [-0.2, 0) is 6.18 Å². The van der Waals surface area contributed by atoms with E-state index in [1.165, 1.54) is 28.9 Å². The summed E-state index contributed by atoms with van der Waals surface area (Å²) >= 11 is 4.37. The van der Waals surface area contributed by atoms with Crippen molar-refractivity contribution in [1.82, 2.24) is 39.8 Å². The number of imidazole rings is 2. The number of aryl methyl sites for hydroxylation is 2. The van der Waals surface area contributed by atoms with Crippen molar-refractivity contribution in [1.29, 1.82) is 0 Å². The molecular weight excluding hydrogens is 1020 g/mol. The maximum atomic E-state index is 13.0. The van der Waals surface area contributed by atoms with E-state index in [2.05, 4.69) is 57.4 Å². The standard InChI is InChI=1S/C27H23F6N5OS.C20H19BrF3N5O/c1-15-12-16(2-9-20(15)25(39)36-18-5-6-18)22-14-35-24-21(34-11-10-26(28,29)30)13-23(37-38(22)24)40-19-7-3-17(4-8-19)27(31,32)33;1-11-8-12(2-5-14(11)19(30)27-13-3-4-13)16-10-26-18-15(9-17(21)28-29(16)18)25-7-6-20(22,23)24/h2-4,7-9,12-14,18,34H,5-6,10-11H2,1H3,(H,36,39);2,5,8-10,13,25H,3-4,6-7H2,1H3,(H,27,30). The Morgan fingerprint density at radius 2 is 1.10 bits per heavy atom. The van der Waals surface area contributed by atoms with E-state index in [0.29, 0.717) is 53.9 Å². The lowest BCUT2D eigenvalue weighted by Gasteiger charge is -2.13. The molecule has 2 amide bonds. The van der Waals surface area contributed by atoms with Gasteiger partial charge in [-0.25, -0.2) is 19.0 Å². The highest BCUT2D eigenvalue weighted by atomic mass is 79.9. The van der Waals surface area contributed by atoms with Crippen LogP contribution in [-0.4, -0.2) is 78.5 Å². The highest BCUT2D eigenvalue weighted by Crippen LogP contribution is 2.36. The number of carbonyl (C=O) groups is 2. The highest BCUT2D eigenvalue weighted by Gasteiger charge is 2.31. The molecule has 0 atom stereocenters. The van der Waals surface area contributed by atoms with Gasteiger partial charge < -0.3 is 21.3 Å². The fourth-order valence-corrected chi connectivity index (χ4v) is 8.44. The molecular formula is C47H42BrF9N10O2S. The first kappa shape index (κ1) is 50.0. The van der Waals surface area contributed by atoms with Crippen molar-refractivity contribution in [3.05, 3.63) is 118 Å². The SMILES string of the molecule is Cc1cc(-c2cnc3c(NCCC(F)(F)F)cc(Br)nn23)ccc1C(=O)NC1CC1.Cc1cc(-c2cnc3c(NCCC(F)(F)F)cc(Sc4ccc(C(F)(F)F)cc4)nn23)ccc1C(=O)NC1CC1. The molecule has 368 valence electrons. The van der Waals surface area contributed by atoms with Crippen LogP contribution in [0.3, 0.4) is 0 Å². The van der Waals surface area contributed by atoms with E-state index < -0.39 is 43.5 Å². The Bertz CT molecular complexity index is 3060. The second kappa shape index (κ2) is 20.2. The smallest absolute Gasteiger partial charge is 0.382 e. The Morgan fingerprint density at radius 3 is 1.53 bits per heavy atom. The number of fused-ring (bicyclic) bond motifs is 2. The summed E-state index contributed by atoms with van der Waals surface area (Å²) in [6.45, 7) is 3.00. The molecule has 0 bridgehead atoms. The van der Waals surface area contributed by atoms with Gasteiger partial charge in [-0.15, -0.1) is 0 Å². The van der Waals surface area contributed by atoms with Crippen molar-refractivity contribution in [2.24, 2.45) is 0 Å². The Labute approximate surface area is 406 Å². The molecule has 0 unspecified atom stereocenters. The summed E-state index contributed by atoms with van der Waals surface area (Å²) in [5.41, 5.74) is 6.01. The van der Waals surface area contributed by atoms with E-state index in [1.54, 1.807) is 48.0 Å². The van der Waals surface area contributed by atoms with Crippen molar-refractivity contribution < 1.29 is 49.1 Å². The first-order valence-electron chi connectivity index (χ1n) is 21.8. The molecule has 70 heavy (non-hydrogen) atoms. The lowest BCUT2D eigenvalue weighted by molar-refractivity contribution is -0.137. The molecule has 0 aliphatic heterocycles. The van der Waals surface area contributed by atoms with Crippen LogP contribution in [0.25, 0.3) is 33.8 Å². The first-order valence-corrected chi connectivity index (χ1v) is 23.4. The molecule has 2 fully saturated rings. The van der Waals surface area contributed by atoms with E-state index >= 15 is 0 Å². The molecule has 0 saturated heterocycles. The number of carbonyl (C=O) groups excluding carboxylic acids is 2. The number of alkyl halides is 9. The van der Waals surface area contributed by atoms with Crippen LogP contribution < -0.4 is 21.3 Å². The van der Waals surface area contributed by atoms with Gasteiger partial charge in [-0.05, 0) is 127 Å². The molecule has 7 aromatic rings. The van der Waals surface area contributed by atoms with Crippen LogP contribution in [0.1, 0.15) is 75.9 Å². The summed E-state index contributed by atoms with van der Waals surface area (Å²) in [6, 6.07) is 18.8. The third-order valence-corrected chi connectivity index (χ3v) is 12.4. The minimum Gasteiger partial charge on any atom is -0.382 e. The van der Waals surface area contributed by atoms with Gasteiger partial charge in [0.05, 0.1) is 53.6 Å². The molecule has 4 aromatic heterocycles. The van der Waals surface area contributed by atoms with Crippen LogP contribution in [0.4, 0.5) is 50.9 Å². The maximum absolute atomic E-state index is 13.0. The van der Waals surface area contributed by atoms with E-state index in [9.17, 15) is 49.1 Å². The number of amides is 2. The quantitative estimate of drug-likeness (QED) is 0.0783. The summed E-state index contributed by atoms with van der Waals surface area (Å²) in [7, 11) is 0. The predicted octanol–water partition coefficient (Wildman–Crippen LogP) is 11.9. The van der Waals surface area contributed by atoms with Crippen LogP contribution in [0.5, 0.6) is 0 Å². The van der Waals surface area contributed by atoms with Crippen molar-refractivity contribution in [3.63, 3.8) is 0 Å². The Hall–Kier alpha value is -6.36. The zero-order valence-corrected chi connectivity index (χ0v) is 39.5. The molecule has 2 aliphatic rings. The van der Waals surface area contributed by atoms with Crippen molar-refractivity contribution in [3.8, 4) is 22.5 Å². The minimum atomic E-state index is -4.48. The highest BCUT2D eigenvalue weighted by molar-refractivity contribution is 9.10. The summed E-state index contributed by atoms with van der Waals surface area (Å²) in [4.78, 5) is 34.1. The van der Waals surface area contributed by atoms with E-state index in [0.717, 1.165) is 66.3 Å². The normalized spacial score (nSPS) is 14.1. The lowest BCUT2D eigenvalue weighted by atomic mass is 10.0.